The first kappa shape index (κ1) is 20.2. The van der Waals surface area contributed by atoms with Gasteiger partial charge in [0.05, 0.1) is 5.25 Å². The Balaban J connectivity index is 1.54. The Kier molecular flexibility index (Phi) is 7.15. The van der Waals surface area contributed by atoms with Gasteiger partial charge in [-0.05, 0) is 39.5 Å². The molecular formula is C19H31N5O2S. The van der Waals surface area contributed by atoms with Gasteiger partial charge < -0.3 is 9.88 Å². The summed E-state index contributed by atoms with van der Waals surface area (Å²) in [6, 6.07) is 0.219. The molecule has 8 heteroatoms. The highest BCUT2D eigenvalue weighted by molar-refractivity contribution is 8.00. The standard InChI is InChI=1S/C19H31N5O2S/c1-13(17(25)21-18(26)20-15-9-5-3-6-10-15)27-19-23-22-14(2)24(19)16-11-7-4-8-12-16/h13,15-16H,3-12H2,1-2H3,(H2,20,21,25,26)/t13-/m1/s1. The molecule has 1 aromatic heterocycles. The summed E-state index contributed by atoms with van der Waals surface area (Å²) < 4.78 is 2.18. The van der Waals surface area contributed by atoms with Gasteiger partial charge in [0, 0.05) is 12.1 Å². The van der Waals surface area contributed by atoms with Crippen LogP contribution in [0.3, 0.4) is 0 Å². The lowest BCUT2D eigenvalue weighted by Crippen LogP contribution is -2.47. The van der Waals surface area contributed by atoms with Gasteiger partial charge in [-0.1, -0.05) is 50.3 Å². The number of carbonyl (C=O) groups excluding carboxylic acids is 2. The van der Waals surface area contributed by atoms with Crippen LogP contribution in [0.1, 0.15) is 83.0 Å². The van der Waals surface area contributed by atoms with Crippen LogP contribution in [0.2, 0.25) is 0 Å². The molecule has 0 aliphatic heterocycles. The number of aryl methyl sites for hydroxylation is 1. The fourth-order valence-corrected chi connectivity index (χ4v) is 5.05. The van der Waals surface area contributed by atoms with E-state index in [-0.39, 0.29) is 18.0 Å². The molecule has 2 N–H and O–H groups in total. The van der Waals surface area contributed by atoms with E-state index < -0.39 is 5.25 Å². The van der Waals surface area contributed by atoms with E-state index in [0.29, 0.717) is 6.04 Å². The molecular weight excluding hydrogens is 362 g/mol. The average molecular weight is 394 g/mol. The van der Waals surface area contributed by atoms with E-state index in [1.165, 1.54) is 37.4 Å². The molecule has 0 aromatic carbocycles. The van der Waals surface area contributed by atoms with Crippen molar-refractivity contribution in [1.82, 2.24) is 25.4 Å². The minimum atomic E-state index is -0.409. The number of hydrogen-bond acceptors (Lipinski definition) is 5. The molecule has 0 bridgehead atoms. The number of aromatic nitrogens is 3. The van der Waals surface area contributed by atoms with Crippen LogP contribution in [0.15, 0.2) is 5.16 Å². The monoisotopic (exact) mass is 393 g/mol. The molecule has 1 atom stereocenters. The zero-order chi connectivity index (χ0) is 19.2. The van der Waals surface area contributed by atoms with E-state index >= 15 is 0 Å². The molecule has 2 aliphatic carbocycles. The second-order valence-electron chi connectivity index (χ2n) is 7.75. The Hall–Kier alpha value is -1.57. The summed E-state index contributed by atoms with van der Waals surface area (Å²) in [5.41, 5.74) is 0. The third kappa shape index (κ3) is 5.46. The van der Waals surface area contributed by atoms with Gasteiger partial charge in [-0.2, -0.15) is 0 Å². The normalized spacial score (nSPS) is 20.2. The molecule has 1 heterocycles. The Bertz CT molecular complexity index is 651. The smallest absolute Gasteiger partial charge is 0.321 e. The average Bonchev–Trinajstić information content (AvgIpc) is 3.03. The maximum absolute atomic E-state index is 12.4. The molecule has 0 radical (unpaired) electrons. The fraction of sp³-hybridized carbons (Fsp3) is 0.789. The first-order chi connectivity index (χ1) is 13.0. The zero-order valence-electron chi connectivity index (χ0n) is 16.4. The topological polar surface area (TPSA) is 88.9 Å². The fourth-order valence-electron chi connectivity index (χ4n) is 4.08. The van der Waals surface area contributed by atoms with Crippen molar-refractivity contribution >= 4 is 23.7 Å². The number of amides is 3. The van der Waals surface area contributed by atoms with E-state index in [1.807, 2.05) is 13.8 Å². The van der Waals surface area contributed by atoms with Gasteiger partial charge in [-0.15, -0.1) is 10.2 Å². The molecule has 150 valence electrons. The van der Waals surface area contributed by atoms with Gasteiger partial charge in [0.2, 0.25) is 5.91 Å². The number of nitrogens with one attached hydrogen (secondary N) is 2. The summed E-state index contributed by atoms with van der Waals surface area (Å²) in [4.78, 5) is 24.6. The van der Waals surface area contributed by atoms with E-state index in [2.05, 4.69) is 25.4 Å². The van der Waals surface area contributed by atoms with E-state index in [4.69, 9.17) is 0 Å². The molecule has 3 amide bonds. The number of carbonyl (C=O) groups is 2. The Labute approximate surface area is 165 Å². The largest absolute Gasteiger partial charge is 0.335 e. The van der Waals surface area contributed by atoms with Crippen molar-refractivity contribution in [2.75, 3.05) is 0 Å². The first-order valence-corrected chi connectivity index (χ1v) is 11.1. The molecule has 2 saturated carbocycles. The van der Waals surface area contributed by atoms with Crippen LogP contribution in [-0.2, 0) is 4.79 Å². The predicted octanol–water partition coefficient (Wildman–Crippen LogP) is 3.73. The summed E-state index contributed by atoms with van der Waals surface area (Å²) in [7, 11) is 0. The van der Waals surface area contributed by atoms with Crippen LogP contribution in [0.5, 0.6) is 0 Å². The number of hydrogen-bond donors (Lipinski definition) is 2. The lowest BCUT2D eigenvalue weighted by molar-refractivity contribution is -0.119. The number of imide groups is 1. The summed E-state index contributed by atoms with van der Waals surface area (Å²) >= 11 is 1.38. The molecule has 0 spiro atoms. The number of rotatable bonds is 5. The molecule has 0 saturated heterocycles. The van der Waals surface area contributed by atoms with Gasteiger partial charge >= 0.3 is 6.03 Å². The van der Waals surface area contributed by atoms with E-state index in [1.54, 1.807) is 0 Å². The van der Waals surface area contributed by atoms with Crippen molar-refractivity contribution < 1.29 is 9.59 Å². The molecule has 2 fully saturated rings. The van der Waals surface area contributed by atoms with Crippen molar-refractivity contribution in [3.8, 4) is 0 Å². The van der Waals surface area contributed by atoms with Gasteiger partial charge in [0.15, 0.2) is 5.16 Å². The minimum absolute atomic E-state index is 0.187. The lowest BCUT2D eigenvalue weighted by Gasteiger charge is -2.25. The highest BCUT2D eigenvalue weighted by Crippen LogP contribution is 2.33. The molecule has 27 heavy (non-hydrogen) atoms. The van der Waals surface area contributed by atoms with Crippen LogP contribution < -0.4 is 10.6 Å². The molecule has 0 unspecified atom stereocenters. The highest BCUT2D eigenvalue weighted by Gasteiger charge is 2.25. The van der Waals surface area contributed by atoms with Gasteiger partial charge in [-0.3, -0.25) is 10.1 Å². The minimum Gasteiger partial charge on any atom is -0.335 e. The summed E-state index contributed by atoms with van der Waals surface area (Å²) in [5.74, 6) is 0.608. The number of urea groups is 1. The Morgan fingerprint density at radius 3 is 2.33 bits per heavy atom. The van der Waals surface area contributed by atoms with Crippen LogP contribution in [-0.4, -0.2) is 38.0 Å². The summed E-state index contributed by atoms with van der Waals surface area (Å²) in [6.07, 6.45) is 11.5. The quantitative estimate of drug-likeness (QED) is 0.744. The zero-order valence-corrected chi connectivity index (χ0v) is 17.2. The first-order valence-electron chi connectivity index (χ1n) is 10.2. The summed E-state index contributed by atoms with van der Waals surface area (Å²) in [6.45, 7) is 3.77. The lowest BCUT2D eigenvalue weighted by atomic mass is 9.95. The maximum Gasteiger partial charge on any atom is 0.321 e. The molecule has 3 rings (SSSR count). The van der Waals surface area contributed by atoms with Crippen LogP contribution >= 0.6 is 11.8 Å². The second kappa shape index (κ2) is 9.57. The molecule has 1 aromatic rings. The molecule has 7 nitrogen and oxygen atoms in total. The van der Waals surface area contributed by atoms with Gasteiger partial charge in [0.1, 0.15) is 5.82 Å². The van der Waals surface area contributed by atoms with Crippen molar-refractivity contribution in [1.29, 1.82) is 0 Å². The van der Waals surface area contributed by atoms with E-state index in [9.17, 15) is 9.59 Å². The van der Waals surface area contributed by atoms with Crippen molar-refractivity contribution in [2.45, 2.75) is 101 Å². The third-order valence-electron chi connectivity index (χ3n) is 5.60. The number of nitrogens with zero attached hydrogens (tertiary/aromatic N) is 3. The van der Waals surface area contributed by atoms with Crippen LogP contribution in [0, 0.1) is 6.92 Å². The summed E-state index contributed by atoms with van der Waals surface area (Å²) in [5, 5.41) is 14.3. The SMILES string of the molecule is Cc1nnc(S[C@H](C)C(=O)NC(=O)NC2CCCCC2)n1C1CCCCC1. The van der Waals surface area contributed by atoms with Crippen LogP contribution in [0.25, 0.3) is 0 Å². The van der Waals surface area contributed by atoms with Crippen molar-refractivity contribution in [3.63, 3.8) is 0 Å². The van der Waals surface area contributed by atoms with E-state index in [0.717, 1.165) is 49.5 Å². The van der Waals surface area contributed by atoms with Gasteiger partial charge in [0.25, 0.3) is 0 Å². The van der Waals surface area contributed by atoms with Crippen LogP contribution in [0.4, 0.5) is 4.79 Å². The second-order valence-corrected chi connectivity index (χ2v) is 9.06. The highest BCUT2D eigenvalue weighted by atomic mass is 32.2. The van der Waals surface area contributed by atoms with Crippen molar-refractivity contribution in [2.24, 2.45) is 0 Å². The number of thioether (sulfide) groups is 1. The molecule has 2 aliphatic rings. The maximum atomic E-state index is 12.4. The predicted molar refractivity (Wildman–Crippen MR) is 106 cm³/mol. The Morgan fingerprint density at radius 1 is 1.04 bits per heavy atom. The third-order valence-corrected chi connectivity index (χ3v) is 6.66. The van der Waals surface area contributed by atoms with Gasteiger partial charge in [-0.25, -0.2) is 4.79 Å². The van der Waals surface area contributed by atoms with Crippen molar-refractivity contribution in [3.05, 3.63) is 5.82 Å². The Morgan fingerprint density at radius 2 is 1.67 bits per heavy atom.